The monoisotopic (exact) mass is 442 g/mol. The minimum atomic E-state index is -4.10. The number of benzene rings is 2. The van der Waals surface area contributed by atoms with Gasteiger partial charge in [-0.1, -0.05) is 43.6 Å². The van der Waals surface area contributed by atoms with Crippen molar-refractivity contribution in [3.05, 3.63) is 53.6 Å². The van der Waals surface area contributed by atoms with Gasteiger partial charge in [-0.3, -0.25) is 9.44 Å². The fraction of sp³-hybridized carbons (Fsp3) is 0.222. The van der Waals surface area contributed by atoms with Crippen molar-refractivity contribution < 1.29 is 21.3 Å². The Morgan fingerprint density at radius 1 is 0.964 bits per heavy atom. The fourth-order valence-electron chi connectivity index (χ4n) is 2.62. The Kier molecular flexibility index (Phi) is 5.60. The average molecular weight is 443 g/mol. The van der Waals surface area contributed by atoms with Crippen LogP contribution in [0.2, 0.25) is 5.02 Å². The molecule has 7 nitrogen and oxygen atoms in total. The first-order valence-electron chi connectivity index (χ1n) is 8.37. The molecule has 1 aromatic heterocycles. The minimum absolute atomic E-state index is 0.000266. The molecule has 0 saturated carbocycles. The quantitative estimate of drug-likeness (QED) is 0.567. The number of rotatable bonds is 7. The lowest BCUT2D eigenvalue weighted by Crippen LogP contribution is -2.21. The maximum atomic E-state index is 12.8. The molecule has 0 fully saturated rings. The second-order valence-corrected chi connectivity index (χ2v) is 10.5. The molecule has 1 heterocycles. The third-order valence-electron chi connectivity index (χ3n) is 3.71. The van der Waals surface area contributed by atoms with E-state index in [9.17, 15) is 16.8 Å². The summed E-state index contributed by atoms with van der Waals surface area (Å²) in [6.45, 7) is 3.54. The molecule has 0 bridgehead atoms. The molecule has 2 aromatic carbocycles. The highest BCUT2D eigenvalue weighted by Crippen LogP contribution is 2.30. The number of sulfonamides is 2. The number of hydrogen-bond acceptors (Lipinski definition) is 5. The summed E-state index contributed by atoms with van der Waals surface area (Å²) in [5.74, 6) is -0.203. The summed E-state index contributed by atoms with van der Waals surface area (Å²) in [7, 11) is -7.76. The zero-order valence-electron chi connectivity index (χ0n) is 15.1. The number of furan rings is 1. The van der Waals surface area contributed by atoms with Crippen molar-refractivity contribution in [3.63, 3.8) is 0 Å². The van der Waals surface area contributed by atoms with E-state index in [0.29, 0.717) is 11.0 Å². The standard InChI is InChI=1S/C18H19ClN2O5S2/c1-12(2)11-27(22,23)20-15-8-7-14(19)10-16(15)21-28(24,25)18-9-13-5-3-4-6-17(13)26-18/h3-10,12,20-21H,11H2,1-2H3. The van der Waals surface area contributed by atoms with Crippen molar-refractivity contribution >= 4 is 54.0 Å². The molecular weight excluding hydrogens is 424 g/mol. The van der Waals surface area contributed by atoms with Gasteiger partial charge in [-0.25, -0.2) is 8.42 Å². The summed E-state index contributed by atoms with van der Waals surface area (Å²) in [5, 5.41) is 0.589. The third-order valence-corrected chi connectivity index (χ3v) is 6.80. The summed E-state index contributed by atoms with van der Waals surface area (Å²) in [6, 6.07) is 12.5. The normalized spacial score (nSPS) is 12.4. The first-order chi connectivity index (χ1) is 13.1. The molecule has 0 saturated heterocycles. The van der Waals surface area contributed by atoms with Crippen LogP contribution in [0.4, 0.5) is 11.4 Å². The van der Waals surface area contributed by atoms with Gasteiger partial charge in [0.25, 0.3) is 10.0 Å². The van der Waals surface area contributed by atoms with Gasteiger partial charge in [0.1, 0.15) is 5.58 Å². The lowest BCUT2D eigenvalue weighted by molar-refractivity contribution is 0.484. The summed E-state index contributed by atoms with van der Waals surface area (Å²) >= 11 is 5.98. The first-order valence-corrected chi connectivity index (χ1v) is 11.9. The number of anilines is 2. The van der Waals surface area contributed by atoms with Gasteiger partial charge >= 0.3 is 0 Å². The Labute approximate surface area is 168 Å². The summed E-state index contributed by atoms with van der Waals surface area (Å²) in [5.41, 5.74) is 0.497. The van der Waals surface area contributed by atoms with Crippen molar-refractivity contribution in [2.75, 3.05) is 15.2 Å². The van der Waals surface area contributed by atoms with Crippen LogP contribution < -0.4 is 9.44 Å². The molecule has 150 valence electrons. The molecule has 0 spiro atoms. The SMILES string of the molecule is CC(C)CS(=O)(=O)Nc1ccc(Cl)cc1NS(=O)(=O)c1cc2ccccc2o1. The number of para-hydroxylation sites is 1. The van der Waals surface area contributed by atoms with Gasteiger partial charge in [-0.15, -0.1) is 0 Å². The van der Waals surface area contributed by atoms with Crippen LogP contribution in [0.15, 0.2) is 58.0 Å². The Balaban J connectivity index is 1.95. The molecule has 0 unspecified atom stereocenters. The van der Waals surface area contributed by atoms with Gasteiger partial charge in [-0.05, 0) is 30.2 Å². The number of nitrogens with one attached hydrogen (secondary N) is 2. The molecule has 0 radical (unpaired) electrons. The van der Waals surface area contributed by atoms with Gasteiger partial charge in [0.05, 0.1) is 17.1 Å². The van der Waals surface area contributed by atoms with E-state index in [2.05, 4.69) is 9.44 Å². The van der Waals surface area contributed by atoms with Crippen LogP contribution in [0.3, 0.4) is 0 Å². The summed E-state index contributed by atoms with van der Waals surface area (Å²) < 4.78 is 60.2. The topological polar surface area (TPSA) is 105 Å². The van der Waals surface area contributed by atoms with E-state index in [4.69, 9.17) is 16.0 Å². The van der Waals surface area contributed by atoms with E-state index in [1.807, 2.05) is 0 Å². The van der Waals surface area contributed by atoms with Crippen LogP contribution in [-0.4, -0.2) is 22.6 Å². The molecular formula is C18H19ClN2O5S2. The van der Waals surface area contributed by atoms with E-state index < -0.39 is 20.0 Å². The first kappa shape index (κ1) is 20.5. The van der Waals surface area contributed by atoms with Gasteiger partial charge in [-0.2, -0.15) is 8.42 Å². The fourth-order valence-corrected chi connectivity index (χ4v) is 5.31. The van der Waals surface area contributed by atoms with Gasteiger partial charge in [0, 0.05) is 16.5 Å². The maximum absolute atomic E-state index is 12.8. The zero-order valence-corrected chi connectivity index (χ0v) is 17.5. The van der Waals surface area contributed by atoms with Crippen LogP contribution in [0.25, 0.3) is 11.0 Å². The van der Waals surface area contributed by atoms with Crippen LogP contribution >= 0.6 is 11.6 Å². The molecule has 10 heteroatoms. The lowest BCUT2D eigenvalue weighted by atomic mass is 10.3. The molecule has 0 aliphatic carbocycles. The third kappa shape index (κ3) is 4.78. The van der Waals surface area contributed by atoms with Crippen molar-refractivity contribution in [2.24, 2.45) is 5.92 Å². The molecule has 2 N–H and O–H groups in total. The second-order valence-electron chi connectivity index (χ2n) is 6.68. The zero-order chi connectivity index (χ0) is 20.5. The van der Waals surface area contributed by atoms with E-state index in [0.717, 1.165) is 0 Å². The summed E-state index contributed by atoms with van der Waals surface area (Å²) in [6.07, 6.45) is 0. The Morgan fingerprint density at radius 2 is 1.68 bits per heavy atom. The molecule has 28 heavy (non-hydrogen) atoms. The van der Waals surface area contributed by atoms with Gasteiger partial charge < -0.3 is 4.42 Å². The molecule has 0 aliphatic heterocycles. The van der Waals surface area contributed by atoms with Crippen molar-refractivity contribution in [2.45, 2.75) is 18.9 Å². The molecule has 0 atom stereocenters. The molecule has 3 rings (SSSR count). The van der Waals surface area contributed by atoms with Crippen molar-refractivity contribution in [3.8, 4) is 0 Å². The van der Waals surface area contributed by atoms with E-state index in [1.165, 1.54) is 24.3 Å². The highest BCUT2D eigenvalue weighted by atomic mass is 35.5. The predicted molar refractivity (Wildman–Crippen MR) is 111 cm³/mol. The van der Waals surface area contributed by atoms with Crippen LogP contribution in [0, 0.1) is 5.92 Å². The molecule has 0 aliphatic rings. The molecule has 0 amide bonds. The minimum Gasteiger partial charge on any atom is -0.443 e. The number of hydrogen-bond donors (Lipinski definition) is 2. The van der Waals surface area contributed by atoms with Crippen molar-refractivity contribution in [1.82, 2.24) is 0 Å². The van der Waals surface area contributed by atoms with Crippen LogP contribution in [-0.2, 0) is 20.0 Å². The average Bonchev–Trinajstić information content (AvgIpc) is 3.01. The maximum Gasteiger partial charge on any atom is 0.295 e. The number of halogens is 1. The Hall–Kier alpha value is -2.23. The summed E-state index contributed by atoms with van der Waals surface area (Å²) in [4.78, 5) is 0. The van der Waals surface area contributed by atoms with Crippen LogP contribution in [0.1, 0.15) is 13.8 Å². The largest absolute Gasteiger partial charge is 0.443 e. The van der Waals surface area contributed by atoms with E-state index in [1.54, 1.807) is 38.1 Å². The van der Waals surface area contributed by atoms with Gasteiger partial charge in [0.2, 0.25) is 15.1 Å². The van der Waals surface area contributed by atoms with Gasteiger partial charge in [0.15, 0.2) is 0 Å². The Bertz CT molecular complexity index is 1180. The lowest BCUT2D eigenvalue weighted by Gasteiger charge is -2.15. The predicted octanol–water partition coefficient (Wildman–Crippen LogP) is 4.28. The smallest absolute Gasteiger partial charge is 0.295 e. The van der Waals surface area contributed by atoms with Crippen molar-refractivity contribution in [1.29, 1.82) is 0 Å². The second kappa shape index (κ2) is 7.65. The van der Waals surface area contributed by atoms with E-state index in [-0.39, 0.29) is 33.2 Å². The number of fused-ring (bicyclic) bond motifs is 1. The highest BCUT2D eigenvalue weighted by Gasteiger charge is 2.23. The van der Waals surface area contributed by atoms with E-state index >= 15 is 0 Å². The Morgan fingerprint density at radius 3 is 2.36 bits per heavy atom. The highest BCUT2D eigenvalue weighted by molar-refractivity contribution is 7.93. The van der Waals surface area contributed by atoms with Crippen LogP contribution in [0.5, 0.6) is 0 Å². The molecule has 3 aromatic rings.